The first kappa shape index (κ1) is 22.6. The highest BCUT2D eigenvalue weighted by molar-refractivity contribution is 7.99. The number of alkyl halides is 3. The molecule has 3 aromatic rings. The lowest BCUT2D eigenvalue weighted by Crippen LogP contribution is -2.26. The highest BCUT2D eigenvalue weighted by atomic mass is 32.2. The molecule has 0 bridgehead atoms. The first-order valence-corrected chi connectivity index (χ1v) is 10.4. The van der Waals surface area contributed by atoms with E-state index in [-0.39, 0.29) is 29.5 Å². The van der Waals surface area contributed by atoms with Crippen LogP contribution >= 0.6 is 11.8 Å². The number of carbonyl (C=O) groups excluding carboxylic acids is 1. The second kappa shape index (κ2) is 10.3. The molecular formula is C20H20F3N5O2S. The van der Waals surface area contributed by atoms with E-state index in [9.17, 15) is 18.0 Å². The molecular weight excluding hydrogens is 431 g/mol. The molecule has 0 saturated heterocycles. The van der Waals surface area contributed by atoms with Gasteiger partial charge < -0.3 is 14.6 Å². The van der Waals surface area contributed by atoms with Crippen molar-refractivity contribution in [3.05, 3.63) is 54.4 Å². The lowest BCUT2D eigenvalue weighted by Gasteiger charge is -2.13. The predicted octanol–water partition coefficient (Wildman–Crippen LogP) is 4.06. The second-order valence-corrected chi connectivity index (χ2v) is 7.36. The van der Waals surface area contributed by atoms with Crippen molar-refractivity contribution < 1.29 is 22.7 Å². The van der Waals surface area contributed by atoms with E-state index in [0.29, 0.717) is 17.5 Å². The average Bonchev–Trinajstić information content (AvgIpc) is 3.14. The Labute approximate surface area is 181 Å². The fourth-order valence-electron chi connectivity index (χ4n) is 2.78. The minimum atomic E-state index is -4.80. The van der Waals surface area contributed by atoms with Gasteiger partial charge in [0.2, 0.25) is 5.91 Å². The van der Waals surface area contributed by atoms with Crippen molar-refractivity contribution in [2.75, 3.05) is 5.75 Å². The van der Waals surface area contributed by atoms with Crippen molar-refractivity contribution in [3.63, 3.8) is 0 Å². The van der Waals surface area contributed by atoms with E-state index in [1.54, 1.807) is 18.5 Å². The quantitative estimate of drug-likeness (QED) is 0.494. The number of hydrogen-bond donors (Lipinski definition) is 1. The number of rotatable bonds is 9. The molecule has 0 unspecified atom stereocenters. The summed E-state index contributed by atoms with van der Waals surface area (Å²) in [4.78, 5) is 16.3. The third-order valence-corrected chi connectivity index (χ3v) is 5.08. The lowest BCUT2D eigenvalue weighted by molar-refractivity contribution is -0.274. The number of nitrogens with one attached hydrogen (secondary N) is 1. The maximum atomic E-state index is 12.5. The second-order valence-electron chi connectivity index (χ2n) is 6.41. The highest BCUT2D eigenvalue weighted by Gasteiger charge is 2.32. The summed E-state index contributed by atoms with van der Waals surface area (Å²) in [5.41, 5.74) is 1.10. The SMILES string of the molecule is CCCn1c(SCC(=O)NCc2ccccc2OC(F)(F)F)nnc1-c1ccncc1. The minimum Gasteiger partial charge on any atom is -0.405 e. The van der Waals surface area contributed by atoms with Crippen molar-refractivity contribution in [1.29, 1.82) is 0 Å². The van der Waals surface area contributed by atoms with Gasteiger partial charge in [0.05, 0.1) is 5.75 Å². The van der Waals surface area contributed by atoms with E-state index >= 15 is 0 Å². The number of amides is 1. The molecule has 31 heavy (non-hydrogen) atoms. The summed E-state index contributed by atoms with van der Waals surface area (Å²) < 4.78 is 43.5. The molecule has 2 heterocycles. The Hall–Kier alpha value is -3.08. The van der Waals surface area contributed by atoms with Crippen LogP contribution in [0.15, 0.2) is 53.9 Å². The van der Waals surface area contributed by atoms with Crippen molar-refractivity contribution >= 4 is 17.7 Å². The number of ether oxygens (including phenoxy) is 1. The van der Waals surface area contributed by atoms with Crippen molar-refractivity contribution in [2.24, 2.45) is 0 Å². The molecule has 2 aromatic heterocycles. The Morgan fingerprint density at radius 1 is 1.16 bits per heavy atom. The summed E-state index contributed by atoms with van der Waals surface area (Å²) in [5.74, 6) is 0.0434. The zero-order valence-electron chi connectivity index (χ0n) is 16.6. The van der Waals surface area contributed by atoms with Crippen LogP contribution in [0.5, 0.6) is 5.75 Å². The molecule has 0 aliphatic heterocycles. The van der Waals surface area contributed by atoms with Crippen LogP contribution in [0.4, 0.5) is 13.2 Å². The molecule has 0 radical (unpaired) electrons. The Morgan fingerprint density at radius 2 is 1.90 bits per heavy atom. The monoisotopic (exact) mass is 451 g/mol. The predicted molar refractivity (Wildman–Crippen MR) is 109 cm³/mol. The number of para-hydroxylation sites is 1. The molecule has 0 aliphatic carbocycles. The molecule has 1 N–H and O–H groups in total. The largest absolute Gasteiger partial charge is 0.573 e. The van der Waals surface area contributed by atoms with Gasteiger partial charge in [0.1, 0.15) is 5.75 Å². The maximum Gasteiger partial charge on any atom is 0.573 e. The van der Waals surface area contributed by atoms with Crippen LogP contribution in [0.25, 0.3) is 11.4 Å². The molecule has 0 fully saturated rings. The number of thioether (sulfide) groups is 1. The third kappa shape index (κ3) is 6.45. The van der Waals surface area contributed by atoms with Crippen LogP contribution in [0.3, 0.4) is 0 Å². The van der Waals surface area contributed by atoms with Crippen LogP contribution in [-0.2, 0) is 17.9 Å². The van der Waals surface area contributed by atoms with Crippen molar-refractivity contribution in [1.82, 2.24) is 25.1 Å². The molecule has 0 spiro atoms. The van der Waals surface area contributed by atoms with Gasteiger partial charge in [-0.2, -0.15) is 0 Å². The molecule has 0 atom stereocenters. The van der Waals surface area contributed by atoms with Gasteiger partial charge in [-0.05, 0) is 24.6 Å². The fourth-order valence-corrected chi connectivity index (χ4v) is 3.58. The highest BCUT2D eigenvalue weighted by Crippen LogP contribution is 2.26. The van der Waals surface area contributed by atoms with Gasteiger partial charge in [0.25, 0.3) is 0 Å². The topological polar surface area (TPSA) is 81.9 Å². The normalized spacial score (nSPS) is 11.4. The molecule has 7 nitrogen and oxygen atoms in total. The summed E-state index contributed by atoms with van der Waals surface area (Å²) >= 11 is 1.21. The van der Waals surface area contributed by atoms with Gasteiger partial charge in [0.15, 0.2) is 11.0 Å². The van der Waals surface area contributed by atoms with E-state index < -0.39 is 6.36 Å². The Morgan fingerprint density at radius 3 is 2.61 bits per heavy atom. The van der Waals surface area contributed by atoms with Crippen LogP contribution in [0, 0.1) is 0 Å². The molecule has 11 heteroatoms. The zero-order chi connectivity index (χ0) is 22.3. The molecule has 164 valence electrons. The van der Waals surface area contributed by atoms with Crippen molar-refractivity contribution in [3.8, 4) is 17.1 Å². The first-order chi connectivity index (χ1) is 14.9. The Kier molecular flexibility index (Phi) is 7.50. The molecule has 0 saturated carbocycles. The van der Waals surface area contributed by atoms with E-state index in [2.05, 4.69) is 25.2 Å². The average molecular weight is 451 g/mol. The number of nitrogens with zero attached hydrogens (tertiary/aromatic N) is 4. The summed E-state index contributed by atoms with van der Waals surface area (Å²) in [7, 11) is 0. The third-order valence-electron chi connectivity index (χ3n) is 4.11. The van der Waals surface area contributed by atoms with Gasteiger partial charge in [-0.1, -0.05) is 36.9 Å². The lowest BCUT2D eigenvalue weighted by atomic mass is 10.2. The number of halogens is 3. The van der Waals surface area contributed by atoms with Crippen LogP contribution < -0.4 is 10.1 Å². The molecule has 3 rings (SSSR count). The molecule has 0 aliphatic rings. The molecule has 1 amide bonds. The minimum absolute atomic E-state index is 0.0422. The Balaban J connectivity index is 1.61. The smallest absolute Gasteiger partial charge is 0.405 e. The van der Waals surface area contributed by atoms with Gasteiger partial charge in [-0.3, -0.25) is 9.78 Å². The van der Waals surface area contributed by atoms with E-state index in [4.69, 9.17) is 0 Å². The van der Waals surface area contributed by atoms with Gasteiger partial charge in [0, 0.05) is 36.6 Å². The summed E-state index contributed by atoms with van der Waals surface area (Å²) in [5, 5.41) is 11.6. The number of carbonyl (C=O) groups is 1. The zero-order valence-corrected chi connectivity index (χ0v) is 17.4. The standard InChI is InChI=1S/C20H20F3N5O2S/c1-2-11-28-18(14-7-9-24-10-8-14)26-27-19(28)31-13-17(29)25-12-15-5-3-4-6-16(15)30-20(21,22)23/h3-10H,2,11-13H2,1H3,(H,25,29). The number of aromatic nitrogens is 4. The van der Waals surface area contributed by atoms with E-state index in [1.165, 1.54) is 30.0 Å². The number of hydrogen-bond acceptors (Lipinski definition) is 6. The van der Waals surface area contributed by atoms with Crippen LogP contribution in [-0.4, -0.2) is 37.8 Å². The fraction of sp³-hybridized carbons (Fsp3) is 0.300. The van der Waals surface area contributed by atoms with Crippen LogP contribution in [0.1, 0.15) is 18.9 Å². The number of pyridine rings is 1. The van der Waals surface area contributed by atoms with Crippen LogP contribution in [0.2, 0.25) is 0 Å². The van der Waals surface area contributed by atoms with E-state index in [1.807, 2.05) is 23.6 Å². The van der Waals surface area contributed by atoms with Gasteiger partial charge >= 0.3 is 6.36 Å². The van der Waals surface area contributed by atoms with Gasteiger partial charge in [-0.25, -0.2) is 0 Å². The maximum absolute atomic E-state index is 12.5. The molecule has 1 aromatic carbocycles. The van der Waals surface area contributed by atoms with Gasteiger partial charge in [-0.15, -0.1) is 23.4 Å². The van der Waals surface area contributed by atoms with E-state index in [0.717, 1.165) is 12.0 Å². The Bertz CT molecular complexity index is 1010. The van der Waals surface area contributed by atoms with Crippen molar-refractivity contribution in [2.45, 2.75) is 38.0 Å². The summed E-state index contributed by atoms with van der Waals surface area (Å²) in [6.07, 6.45) is -0.612. The summed E-state index contributed by atoms with van der Waals surface area (Å²) in [6, 6.07) is 9.34. The summed E-state index contributed by atoms with van der Waals surface area (Å²) in [6.45, 7) is 2.62. The first-order valence-electron chi connectivity index (χ1n) is 9.44. The number of benzene rings is 1.